The fourth-order valence-electron chi connectivity index (χ4n) is 5.94. The lowest BCUT2D eigenvalue weighted by atomic mass is 10.1. The lowest BCUT2D eigenvalue weighted by Gasteiger charge is -2.28. The maximum atomic E-state index is 6.20. The first kappa shape index (κ1) is 47.8. The topological polar surface area (TPSA) is 24.9 Å². The largest absolute Gasteiger partial charge is 0.380 e. The Hall–Kier alpha value is -1.20. The molecule has 0 aromatic heterocycles. The highest BCUT2D eigenvalue weighted by Crippen LogP contribution is 2.11. The molecule has 0 saturated carbocycles. The second-order valence-corrected chi connectivity index (χ2v) is 14.6. The van der Waals surface area contributed by atoms with Crippen LogP contribution < -0.4 is 0 Å². The minimum absolute atomic E-state index is 0.344. The number of nitrogens with zero attached hydrogens (tertiary/aromatic N) is 2. The number of rotatable bonds is 39. The summed E-state index contributed by atoms with van der Waals surface area (Å²) in [6, 6.07) is 0.344. The molecule has 4 heteroatoms. The first-order valence-electron chi connectivity index (χ1n) is 21.2. The Morgan fingerprint density at radius 1 is 0.408 bits per heavy atom. The van der Waals surface area contributed by atoms with Gasteiger partial charge in [0, 0.05) is 13.2 Å². The zero-order valence-electron chi connectivity index (χ0n) is 33.8. The van der Waals surface area contributed by atoms with Gasteiger partial charge in [-0.3, -0.25) is 4.90 Å². The summed E-state index contributed by atoms with van der Waals surface area (Å²) in [5.41, 5.74) is 0. The smallest absolute Gasteiger partial charge is 0.0644 e. The van der Waals surface area contributed by atoms with Gasteiger partial charge >= 0.3 is 0 Å². The van der Waals surface area contributed by atoms with Gasteiger partial charge in [-0.1, -0.05) is 140 Å². The molecule has 0 unspecified atom stereocenters. The van der Waals surface area contributed by atoms with Crippen molar-refractivity contribution in [3.05, 3.63) is 48.6 Å². The molecule has 0 N–H and O–H groups in total. The van der Waals surface area contributed by atoms with Gasteiger partial charge in [-0.2, -0.15) is 0 Å². The second kappa shape index (κ2) is 41.2. The Balaban J connectivity index is 3.90. The molecule has 0 aromatic carbocycles. The standard InChI is InChI=1S/C45H86N2O2/c1-6-8-10-12-14-16-18-20-22-24-26-28-30-32-34-36-41-48-43-45(47(5)40-38-39-46(3)4)44-49-42-37-35-33-31-29-27-25-23-21-19-17-15-13-11-9-7-2/h14-17,20-23,45H,6-13,18-19,24-44H2,1-5H3. The van der Waals surface area contributed by atoms with Gasteiger partial charge in [-0.25, -0.2) is 0 Å². The van der Waals surface area contributed by atoms with E-state index in [1.54, 1.807) is 0 Å². The van der Waals surface area contributed by atoms with Gasteiger partial charge in [0.1, 0.15) is 0 Å². The molecule has 4 nitrogen and oxygen atoms in total. The molecule has 0 saturated heterocycles. The predicted molar refractivity (Wildman–Crippen MR) is 220 cm³/mol. The summed E-state index contributed by atoms with van der Waals surface area (Å²) in [4.78, 5) is 4.73. The highest BCUT2D eigenvalue weighted by atomic mass is 16.5. The molecule has 0 aromatic rings. The van der Waals surface area contributed by atoms with Crippen molar-refractivity contribution in [2.45, 2.75) is 180 Å². The summed E-state index contributed by atoms with van der Waals surface area (Å²) in [6.07, 6.45) is 50.7. The van der Waals surface area contributed by atoms with E-state index in [1.807, 2.05) is 0 Å². The van der Waals surface area contributed by atoms with Gasteiger partial charge in [0.25, 0.3) is 0 Å². The predicted octanol–water partition coefficient (Wildman–Crippen LogP) is 12.9. The van der Waals surface area contributed by atoms with Gasteiger partial charge in [0.2, 0.25) is 0 Å². The van der Waals surface area contributed by atoms with Gasteiger partial charge in [-0.05, 0) is 118 Å². The van der Waals surface area contributed by atoms with E-state index in [-0.39, 0.29) is 0 Å². The normalized spacial score (nSPS) is 13.2. The summed E-state index contributed by atoms with van der Waals surface area (Å²) in [5, 5.41) is 0. The molecule has 288 valence electrons. The van der Waals surface area contributed by atoms with Crippen molar-refractivity contribution in [1.29, 1.82) is 0 Å². The van der Waals surface area contributed by atoms with Crippen LogP contribution in [-0.4, -0.2) is 76.5 Å². The molecule has 0 fully saturated rings. The summed E-state index contributed by atoms with van der Waals surface area (Å²) in [6.45, 7) is 10.1. The van der Waals surface area contributed by atoms with Crippen LogP contribution in [0.1, 0.15) is 174 Å². The molecular formula is C45H86N2O2. The third kappa shape index (κ3) is 39.4. The molecule has 0 bridgehead atoms. The first-order chi connectivity index (χ1) is 24.1. The van der Waals surface area contributed by atoms with E-state index in [4.69, 9.17) is 9.47 Å². The molecular weight excluding hydrogens is 601 g/mol. The number of ether oxygens (including phenoxy) is 2. The molecule has 0 spiro atoms. The number of allylic oxidation sites excluding steroid dienone is 8. The number of hydrogen-bond acceptors (Lipinski definition) is 4. The third-order valence-electron chi connectivity index (χ3n) is 9.34. The van der Waals surface area contributed by atoms with Crippen molar-refractivity contribution in [2.75, 3.05) is 60.7 Å². The van der Waals surface area contributed by atoms with Crippen molar-refractivity contribution < 1.29 is 9.47 Å². The minimum Gasteiger partial charge on any atom is -0.380 e. The number of likely N-dealkylation sites (N-methyl/N-ethyl adjacent to an activating group) is 1. The van der Waals surface area contributed by atoms with E-state index in [2.05, 4.69) is 93.4 Å². The lowest BCUT2D eigenvalue weighted by molar-refractivity contribution is 0.0111. The molecule has 49 heavy (non-hydrogen) atoms. The van der Waals surface area contributed by atoms with Crippen LogP contribution in [0.5, 0.6) is 0 Å². The van der Waals surface area contributed by atoms with Gasteiger partial charge in [0.15, 0.2) is 0 Å². The van der Waals surface area contributed by atoms with E-state index < -0.39 is 0 Å². The molecule has 0 aliphatic carbocycles. The molecule has 0 radical (unpaired) electrons. The monoisotopic (exact) mass is 687 g/mol. The first-order valence-corrected chi connectivity index (χ1v) is 21.2. The molecule has 0 rings (SSSR count). The minimum atomic E-state index is 0.344. The lowest BCUT2D eigenvalue weighted by Crippen LogP contribution is -2.40. The van der Waals surface area contributed by atoms with E-state index >= 15 is 0 Å². The summed E-state index contributed by atoms with van der Waals surface area (Å²) in [5.74, 6) is 0. The Kier molecular flexibility index (Phi) is 40.2. The van der Waals surface area contributed by atoms with Gasteiger partial charge in [-0.15, -0.1) is 0 Å². The fraction of sp³-hybridized carbons (Fsp3) is 0.822. The van der Waals surface area contributed by atoms with Crippen molar-refractivity contribution >= 4 is 0 Å². The summed E-state index contributed by atoms with van der Waals surface area (Å²) >= 11 is 0. The summed E-state index contributed by atoms with van der Waals surface area (Å²) < 4.78 is 12.4. The molecule has 0 amide bonds. The maximum Gasteiger partial charge on any atom is 0.0644 e. The van der Waals surface area contributed by atoms with Crippen molar-refractivity contribution in [3.8, 4) is 0 Å². The summed E-state index contributed by atoms with van der Waals surface area (Å²) in [7, 11) is 6.56. The highest BCUT2D eigenvalue weighted by molar-refractivity contribution is 4.93. The maximum absolute atomic E-state index is 6.20. The van der Waals surface area contributed by atoms with Crippen LogP contribution in [0, 0.1) is 0 Å². The van der Waals surface area contributed by atoms with Gasteiger partial charge in [0.05, 0.1) is 19.3 Å². The highest BCUT2D eigenvalue weighted by Gasteiger charge is 2.15. The Bertz CT molecular complexity index is 692. The quantitative estimate of drug-likeness (QED) is 0.0475. The Labute approximate surface area is 308 Å². The average Bonchev–Trinajstić information content (AvgIpc) is 3.09. The van der Waals surface area contributed by atoms with Crippen LogP contribution in [0.3, 0.4) is 0 Å². The van der Waals surface area contributed by atoms with Crippen LogP contribution in [-0.2, 0) is 9.47 Å². The van der Waals surface area contributed by atoms with E-state index in [0.717, 1.165) is 52.4 Å². The molecule has 0 aliphatic heterocycles. The molecule has 0 atom stereocenters. The van der Waals surface area contributed by atoms with Crippen LogP contribution in [0.25, 0.3) is 0 Å². The zero-order valence-corrected chi connectivity index (χ0v) is 33.8. The second-order valence-electron chi connectivity index (χ2n) is 14.6. The molecule has 0 aliphatic rings. The Morgan fingerprint density at radius 3 is 1.16 bits per heavy atom. The fourth-order valence-corrected chi connectivity index (χ4v) is 5.94. The molecule has 0 heterocycles. The SMILES string of the molecule is CCCCCC=CCC=CCCCCCCCCOCC(COCCCCCCCCC=CCC=CCCCCC)N(C)CCCN(C)C. The van der Waals surface area contributed by atoms with E-state index in [0.29, 0.717) is 6.04 Å². The third-order valence-corrected chi connectivity index (χ3v) is 9.34. The Morgan fingerprint density at radius 2 is 0.776 bits per heavy atom. The van der Waals surface area contributed by atoms with Crippen LogP contribution in [0.4, 0.5) is 0 Å². The average molecular weight is 687 g/mol. The van der Waals surface area contributed by atoms with E-state index in [1.165, 1.54) is 148 Å². The van der Waals surface area contributed by atoms with Crippen LogP contribution in [0.2, 0.25) is 0 Å². The van der Waals surface area contributed by atoms with Crippen molar-refractivity contribution in [3.63, 3.8) is 0 Å². The van der Waals surface area contributed by atoms with Crippen molar-refractivity contribution in [1.82, 2.24) is 9.80 Å². The number of unbranched alkanes of at least 4 members (excludes halogenated alkanes) is 18. The van der Waals surface area contributed by atoms with Crippen LogP contribution in [0.15, 0.2) is 48.6 Å². The number of hydrogen-bond donors (Lipinski definition) is 0. The zero-order chi connectivity index (χ0) is 35.7. The van der Waals surface area contributed by atoms with E-state index in [9.17, 15) is 0 Å². The van der Waals surface area contributed by atoms with Crippen molar-refractivity contribution in [2.24, 2.45) is 0 Å². The van der Waals surface area contributed by atoms with Gasteiger partial charge < -0.3 is 14.4 Å². The van der Waals surface area contributed by atoms with Crippen LogP contribution >= 0.6 is 0 Å².